The second-order valence-electron chi connectivity index (χ2n) is 3.50. The fourth-order valence-corrected chi connectivity index (χ4v) is 2.61. The van der Waals surface area contributed by atoms with Gasteiger partial charge in [-0.1, -0.05) is 30.3 Å². The molecule has 0 aromatic heterocycles. The van der Waals surface area contributed by atoms with Gasteiger partial charge in [-0.05, 0) is 12.5 Å². The van der Waals surface area contributed by atoms with E-state index in [1.54, 1.807) is 19.1 Å². The van der Waals surface area contributed by atoms with Crippen LogP contribution in [0.1, 0.15) is 12.5 Å². The molecular weight excluding hydrogens is 212 g/mol. The van der Waals surface area contributed by atoms with Gasteiger partial charge >= 0.3 is 0 Å². The monoisotopic (exact) mass is 228 g/mol. The molecule has 3 N–H and O–H groups in total. The van der Waals surface area contributed by atoms with E-state index in [1.807, 2.05) is 18.2 Å². The van der Waals surface area contributed by atoms with E-state index in [-0.39, 0.29) is 11.8 Å². The number of hydrogen-bond acceptors (Lipinski definition) is 3. The van der Waals surface area contributed by atoms with Crippen LogP contribution in [-0.4, -0.2) is 21.0 Å². The molecule has 0 aliphatic rings. The molecule has 0 spiro atoms. The van der Waals surface area contributed by atoms with Crippen LogP contribution >= 0.6 is 0 Å². The summed E-state index contributed by atoms with van der Waals surface area (Å²) < 4.78 is 25.7. The van der Waals surface area contributed by atoms with Crippen LogP contribution in [0, 0.1) is 0 Å². The first kappa shape index (κ1) is 12.2. The maximum Gasteiger partial charge on any atom is 0.216 e. The lowest BCUT2D eigenvalue weighted by atomic mass is 10.2. The Morgan fingerprint density at radius 1 is 1.33 bits per heavy atom. The zero-order chi connectivity index (χ0) is 11.3. The number of nitrogens with one attached hydrogen (secondary N) is 1. The molecule has 0 bridgehead atoms. The van der Waals surface area contributed by atoms with Gasteiger partial charge in [0.05, 0.1) is 5.75 Å². The van der Waals surface area contributed by atoms with Crippen LogP contribution in [0.15, 0.2) is 30.3 Å². The first-order valence-corrected chi connectivity index (χ1v) is 6.43. The summed E-state index contributed by atoms with van der Waals surface area (Å²) in [5, 5.41) is 0. The van der Waals surface area contributed by atoms with Crippen molar-refractivity contribution in [1.29, 1.82) is 0 Å². The SMILES string of the molecule is CC(CN)NS(=O)(=O)Cc1ccccc1. The molecule has 0 radical (unpaired) electrons. The summed E-state index contributed by atoms with van der Waals surface area (Å²) in [5.74, 6) is -0.00181. The van der Waals surface area contributed by atoms with Crippen LogP contribution in [0.2, 0.25) is 0 Å². The minimum Gasteiger partial charge on any atom is -0.329 e. The summed E-state index contributed by atoms with van der Waals surface area (Å²) in [7, 11) is -3.28. The molecule has 15 heavy (non-hydrogen) atoms. The highest BCUT2D eigenvalue weighted by Crippen LogP contribution is 2.04. The summed E-state index contributed by atoms with van der Waals surface area (Å²) in [5.41, 5.74) is 6.12. The molecule has 1 unspecified atom stereocenters. The van der Waals surface area contributed by atoms with Crippen LogP contribution in [0.3, 0.4) is 0 Å². The van der Waals surface area contributed by atoms with E-state index in [0.717, 1.165) is 5.56 Å². The highest BCUT2D eigenvalue weighted by Gasteiger charge is 2.13. The van der Waals surface area contributed by atoms with Crippen LogP contribution in [0.4, 0.5) is 0 Å². The van der Waals surface area contributed by atoms with E-state index in [2.05, 4.69) is 4.72 Å². The van der Waals surface area contributed by atoms with Crippen molar-refractivity contribution in [2.24, 2.45) is 5.73 Å². The Kier molecular flexibility index (Phi) is 4.26. The van der Waals surface area contributed by atoms with Crippen LogP contribution in [-0.2, 0) is 15.8 Å². The van der Waals surface area contributed by atoms with Crippen molar-refractivity contribution in [3.05, 3.63) is 35.9 Å². The van der Waals surface area contributed by atoms with Gasteiger partial charge in [-0.3, -0.25) is 0 Å². The molecule has 0 amide bonds. The topological polar surface area (TPSA) is 72.2 Å². The molecule has 1 aromatic rings. The fraction of sp³-hybridized carbons (Fsp3) is 0.400. The van der Waals surface area contributed by atoms with E-state index in [1.165, 1.54) is 0 Å². The molecule has 0 fully saturated rings. The van der Waals surface area contributed by atoms with Gasteiger partial charge in [-0.25, -0.2) is 13.1 Å². The quantitative estimate of drug-likeness (QED) is 0.768. The largest absolute Gasteiger partial charge is 0.329 e. The second kappa shape index (κ2) is 5.25. The van der Waals surface area contributed by atoms with Crippen LogP contribution in [0.5, 0.6) is 0 Å². The standard InChI is InChI=1S/C10H16N2O2S/c1-9(7-11)12-15(13,14)8-10-5-3-2-4-6-10/h2-6,9,12H,7-8,11H2,1H3. The number of sulfonamides is 1. The van der Waals surface area contributed by atoms with Crippen molar-refractivity contribution < 1.29 is 8.42 Å². The van der Waals surface area contributed by atoms with E-state index in [9.17, 15) is 8.42 Å². The Bertz CT molecular complexity index is 389. The van der Waals surface area contributed by atoms with Gasteiger partial charge < -0.3 is 5.73 Å². The second-order valence-corrected chi connectivity index (χ2v) is 5.25. The molecule has 4 nitrogen and oxygen atoms in total. The lowest BCUT2D eigenvalue weighted by Crippen LogP contribution is -2.38. The average molecular weight is 228 g/mol. The molecule has 84 valence electrons. The number of nitrogens with two attached hydrogens (primary N) is 1. The van der Waals surface area contributed by atoms with Gasteiger partial charge in [0.2, 0.25) is 10.0 Å². The summed E-state index contributed by atoms with van der Waals surface area (Å²) in [4.78, 5) is 0. The van der Waals surface area contributed by atoms with E-state index >= 15 is 0 Å². The Morgan fingerprint density at radius 2 is 1.93 bits per heavy atom. The van der Waals surface area contributed by atoms with Crippen molar-refractivity contribution in [2.75, 3.05) is 6.54 Å². The highest BCUT2D eigenvalue weighted by atomic mass is 32.2. The van der Waals surface area contributed by atoms with E-state index in [0.29, 0.717) is 6.54 Å². The van der Waals surface area contributed by atoms with Gasteiger partial charge in [0.1, 0.15) is 0 Å². The minimum atomic E-state index is -3.28. The zero-order valence-corrected chi connectivity index (χ0v) is 9.50. The third-order valence-electron chi connectivity index (χ3n) is 1.93. The summed E-state index contributed by atoms with van der Waals surface area (Å²) >= 11 is 0. The molecule has 0 saturated heterocycles. The maximum absolute atomic E-state index is 11.6. The molecule has 1 atom stereocenters. The molecule has 0 aliphatic heterocycles. The smallest absolute Gasteiger partial charge is 0.216 e. The van der Waals surface area contributed by atoms with E-state index in [4.69, 9.17) is 5.73 Å². The molecule has 0 saturated carbocycles. The molecular formula is C10H16N2O2S. The number of rotatable bonds is 5. The number of benzene rings is 1. The molecule has 0 heterocycles. The molecule has 1 rings (SSSR count). The summed E-state index contributed by atoms with van der Waals surface area (Å²) in [6.07, 6.45) is 0. The predicted molar refractivity (Wildman–Crippen MR) is 60.7 cm³/mol. The molecule has 0 aliphatic carbocycles. The van der Waals surface area contributed by atoms with Gasteiger partial charge in [-0.2, -0.15) is 0 Å². The first-order valence-electron chi connectivity index (χ1n) is 4.77. The van der Waals surface area contributed by atoms with Crippen LogP contribution < -0.4 is 10.5 Å². The predicted octanol–water partition coefficient (Wildman–Crippen LogP) is 0.453. The van der Waals surface area contributed by atoms with Crippen molar-refractivity contribution in [1.82, 2.24) is 4.72 Å². The molecule has 1 aromatic carbocycles. The Morgan fingerprint density at radius 3 is 2.47 bits per heavy atom. The minimum absolute atomic E-state index is 0.00181. The Hall–Kier alpha value is -0.910. The van der Waals surface area contributed by atoms with Crippen LogP contribution in [0.25, 0.3) is 0 Å². The van der Waals surface area contributed by atoms with Gasteiger partial charge in [0, 0.05) is 12.6 Å². The molecule has 5 heteroatoms. The van der Waals surface area contributed by atoms with Crippen molar-refractivity contribution in [2.45, 2.75) is 18.7 Å². The summed E-state index contributed by atoms with van der Waals surface area (Å²) in [6, 6.07) is 8.83. The lowest BCUT2D eigenvalue weighted by Gasteiger charge is -2.11. The van der Waals surface area contributed by atoms with Crippen molar-refractivity contribution in [3.63, 3.8) is 0 Å². The van der Waals surface area contributed by atoms with Gasteiger partial charge in [-0.15, -0.1) is 0 Å². The van der Waals surface area contributed by atoms with Gasteiger partial charge in [0.25, 0.3) is 0 Å². The average Bonchev–Trinajstić information content (AvgIpc) is 2.17. The maximum atomic E-state index is 11.6. The normalized spacial score (nSPS) is 13.7. The fourth-order valence-electron chi connectivity index (χ4n) is 1.19. The van der Waals surface area contributed by atoms with Crippen molar-refractivity contribution in [3.8, 4) is 0 Å². The van der Waals surface area contributed by atoms with E-state index < -0.39 is 10.0 Å². The number of hydrogen-bond donors (Lipinski definition) is 2. The highest BCUT2D eigenvalue weighted by molar-refractivity contribution is 7.88. The van der Waals surface area contributed by atoms with Crippen molar-refractivity contribution >= 4 is 10.0 Å². The third-order valence-corrected chi connectivity index (χ3v) is 3.41. The lowest BCUT2D eigenvalue weighted by molar-refractivity contribution is 0.562. The Balaban J connectivity index is 2.65. The Labute approximate surface area is 90.5 Å². The zero-order valence-electron chi connectivity index (χ0n) is 8.68. The first-order chi connectivity index (χ1) is 7.03. The van der Waals surface area contributed by atoms with Gasteiger partial charge in [0.15, 0.2) is 0 Å². The summed E-state index contributed by atoms with van der Waals surface area (Å²) in [6.45, 7) is 2.04. The third kappa shape index (κ3) is 4.42.